The third kappa shape index (κ3) is 3.64. The number of pyridine rings is 1. The molecule has 4 aromatic rings. The summed E-state index contributed by atoms with van der Waals surface area (Å²) in [6.07, 6.45) is 3.12. The van der Waals surface area contributed by atoms with Crippen LogP contribution in [0.1, 0.15) is 19.8 Å². The number of amides is 1. The van der Waals surface area contributed by atoms with Gasteiger partial charge in [-0.3, -0.25) is 9.89 Å². The fourth-order valence-corrected chi connectivity index (χ4v) is 5.68. The van der Waals surface area contributed by atoms with E-state index < -0.39 is 0 Å². The van der Waals surface area contributed by atoms with Gasteiger partial charge >= 0.3 is 5.82 Å². The van der Waals surface area contributed by atoms with Gasteiger partial charge in [0.1, 0.15) is 11.9 Å². The van der Waals surface area contributed by atoms with Gasteiger partial charge in [0.2, 0.25) is 0 Å². The van der Waals surface area contributed by atoms with Crippen LogP contribution in [-0.4, -0.2) is 75.4 Å². The monoisotopic (exact) mass is 510 g/mol. The number of rotatable bonds is 4. The Morgan fingerprint density at radius 2 is 2.05 bits per heavy atom. The van der Waals surface area contributed by atoms with Crippen molar-refractivity contribution in [2.24, 2.45) is 0 Å². The van der Waals surface area contributed by atoms with Crippen LogP contribution in [0.25, 0.3) is 32.8 Å². The summed E-state index contributed by atoms with van der Waals surface area (Å²) in [5.41, 5.74) is 3.21. The number of carbonyl (C=O) groups is 1. The Bertz CT molecular complexity index is 1560. The minimum absolute atomic E-state index is 0.0255. The lowest BCUT2D eigenvalue weighted by molar-refractivity contribution is -0.133. The number of aromatic nitrogens is 5. The van der Waals surface area contributed by atoms with Crippen LogP contribution in [0.4, 0.5) is 17.3 Å². The molecule has 0 radical (unpaired) electrons. The third-order valence-corrected chi connectivity index (χ3v) is 7.61. The first-order valence-electron chi connectivity index (χ1n) is 12.8. The standard InChI is InChI=1S/C27H26N8O3/c1-16-15-37-12-11-33(16)23-13-20(24-25(28-2)32-35(26(24)30-23)22-9-10-29-31-22)17-3-5-18(6-4-17)34-14-19-7-8-21(38-19)27(34)36/h3-6,9-10,13,16,19,21H,7-8,11-12,14-15H2,1H3,(H,29,31)/t16-,19?,21?/m1/s1. The second-order valence-electron chi connectivity index (χ2n) is 9.95. The predicted molar refractivity (Wildman–Crippen MR) is 141 cm³/mol. The number of fused-ring (bicyclic) bond motifs is 3. The van der Waals surface area contributed by atoms with Crippen LogP contribution < -0.4 is 9.80 Å². The van der Waals surface area contributed by atoms with E-state index in [9.17, 15) is 4.79 Å². The van der Waals surface area contributed by atoms with Gasteiger partial charge < -0.3 is 24.1 Å². The van der Waals surface area contributed by atoms with Crippen molar-refractivity contribution >= 4 is 34.3 Å². The minimum atomic E-state index is -0.333. The quantitative estimate of drug-likeness (QED) is 0.419. The van der Waals surface area contributed by atoms with Crippen LogP contribution >= 0.6 is 0 Å². The topological polar surface area (TPSA) is 106 Å². The zero-order valence-corrected chi connectivity index (χ0v) is 20.9. The summed E-state index contributed by atoms with van der Waals surface area (Å²) >= 11 is 0. The number of hydrogen-bond acceptors (Lipinski definition) is 7. The van der Waals surface area contributed by atoms with Gasteiger partial charge in [0.05, 0.1) is 43.5 Å². The number of carbonyl (C=O) groups excluding carboxylic acids is 1. The lowest BCUT2D eigenvalue weighted by Crippen LogP contribution is -2.47. The molecular formula is C27H26N8O3. The highest BCUT2D eigenvalue weighted by molar-refractivity contribution is 6.03. The normalized spacial score (nSPS) is 23.3. The fourth-order valence-electron chi connectivity index (χ4n) is 5.68. The molecular weight excluding hydrogens is 484 g/mol. The summed E-state index contributed by atoms with van der Waals surface area (Å²) < 4.78 is 13.1. The Balaban J connectivity index is 1.36. The number of nitrogens with one attached hydrogen (secondary N) is 1. The molecule has 3 aliphatic rings. The number of H-pyrrole nitrogens is 1. The van der Waals surface area contributed by atoms with E-state index in [0.717, 1.165) is 35.5 Å². The van der Waals surface area contributed by atoms with E-state index in [4.69, 9.17) is 21.0 Å². The van der Waals surface area contributed by atoms with Gasteiger partial charge in [-0.05, 0) is 54.2 Å². The molecule has 6 heterocycles. The molecule has 2 bridgehead atoms. The Hall–Kier alpha value is -4.27. The van der Waals surface area contributed by atoms with E-state index in [-0.39, 0.29) is 30.0 Å². The largest absolute Gasteiger partial charge is 0.377 e. The van der Waals surface area contributed by atoms with Crippen molar-refractivity contribution in [2.75, 3.05) is 36.1 Å². The third-order valence-electron chi connectivity index (χ3n) is 7.61. The van der Waals surface area contributed by atoms with Crippen molar-refractivity contribution in [1.29, 1.82) is 0 Å². The summed E-state index contributed by atoms with van der Waals surface area (Å²) in [6, 6.07) is 11.9. The molecule has 11 heteroatoms. The van der Waals surface area contributed by atoms with Crippen LogP contribution in [-0.2, 0) is 14.3 Å². The molecule has 11 nitrogen and oxygen atoms in total. The average Bonchev–Trinajstić information content (AvgIpc) is 3.70. The highest BCUT2D eigenvalue weighted by Gasteiger charge is 2.40. The zero-order chi connectivity index (χ0) is 25.8. The van der Waals surface area contributed by atoms with Gasteiger partial charge in [-0.2, -0.15) is 5.10 Å². The number of benzene rings is 1. The molecule has 0 spiro atoms. The van der Waals surface area contributed by atoms with Crippen molar-refractivity contribution < 1.29 is 14.3 Å². The lowest BCUT2D eigenvalue weighted by Gasteiger charge is -2.34. The Kier molecular flexibility index (Phi) is 5.38. The van der Waals surface area contributed by atoms with Crippen LogP contribution in [0.5, 0.6) is 0 Å². The SMILES string of the molecule is [C-]#[N+]c1nn(-c2ccn[nH]2)c2nc(N3CCOC[C@H]3C)cc(-c3ccc(N4CC5CCC(O5)C4=O)cc3)c12. The van der Waals surface area contributed by atoms with Crippen molar-refractivity contribution in [2.45, 2.75) is 38.0 Å². The van der Waals surface area contributed by atoms with Gasteiger partial charge in [-0.15, -0.1) is 4.68 Å². The molecule has 192 valence electrons. The second-order valence-corrected chi connectivity index (χ2v) is 9.95. The van der Waals surface area contributed by atoms with Gasteiger partial charge in [-0.1, -0.05) is 18.7 Å². The number of hydrogen-bond donors (Lipinski definition) is 1. The second kappa shape index (κ2) is 8.93. The molecule has 1 N–H and O–H groups in total. The predicted octanol–water partition coefficient (Wildman–Crippen LogP) is 3.48. The summed E-state index contributed by atoms with van der Waals surface area (Å²) in [7, 11) is 0. The van der Waals surface area contributed by atoms with Crippen LogP contribution in [0.15, 0.2) is 42.6 Å². The smallest absolute Gasteiger partial charge is 0.306 e. The average molecular weight is 511 g/mol. The summed E-state index contributed by atoms with van der Waals surface area (Å²) in [6.45, 7) is 12.5. The molecule has 1 aromatic carbocycles. The Morgan fingerprint density at radius 3 is 2.82 bits per heavy atom. The van der Waals surface area contributed by atoms with E-state index in [1.807, 2.05) is 35.2 Å². The number of anilines is 2. The first-order valence-corrected chi connectivity index (χ1v) is 12.8. The molecule has 0 saturated carbocycles. The Morgan fingerprint density at radius 1 is 1.18 bits per heavy atom. The van der Waals surface area contributed by atoms with Crippen molar-refractivity contribution in [1.82, 2.24) is 25.0 Å². The molecule has 3 saturated heterocycles. The molecule has 3 fully saturated rings. The fraction of sp³-hybridized carbons (Fsp3) is 0.370. The first kappa shape index (κ1) is 22.9. The lowest BCUT2D eigenvalue weighted by atomic mass is 10.0. The summed E-state index contributed by atoms with van der Waals surface area (Å²) in [5.74, 6) is 1.72. The maximum Gasteiger partial charge on any atom is 0.306 e. The number of nitrogens with zero attached hydrogens (tertiary/aromatic N) is 7. The van der Waals surface area contributed by atoms with Gasteiger partial charge in [0, 0.05) is 18.3 Å². The van der Waals surface area contributed by atoms with E-state index in [0.29, 0.717) is 43.2 Å². The van der Waals surface area contributed by atoms with Crippen LogP contribution in [0, 0.1) is 6.57 Å². The molecule has 7 rings (SSSR count). The molecule has 1 amide bonds. The van der Waals surface area contributed by atoms with Crippen molar-refractivity contribution in [3.8, 4) is 16.9 Å². The zero-order valence-electron chi connectivity index (χ0n) is 20.9. The van der Waals surface area contributed by atoms with E-state index in [2.05, 4.69) is 32.0 Å². The van der Waals surface area contributed by atoms with Gasteiger partial charge in [0.25, 0.3) is 5.91 Å². The van der Waals surface area contributed by atoms with E-state index in [1.165, 1.54) is 0 Å². The number of aromatic amines is 1. The van der Waals surface area contributed by atoms with Crippen LogP contribution in [0.2, 0.25) is 0 Å². The maximum atomic E-state index is 12.9. The molecule has 3 aromatic heterocycles. The molecule has 0 aliphatic carbocycles. The van der Waals surface area contributed by atoms with E-state index in [1.54, 1.807) is 16.9 Å². The van der Waals surface area contributed by atoms with Gasteiger partial charge in [0.15, 0.2) is 11.5 Å². The Labute approximate surface area is 218 Å². The highest BCUT2D eigenvalue weighted by Crippen LogP contribution is 2.39. The molecule has 3 aliphatic heterocycles. The number of morpholine rings is 2. The maximum absolute atomic E-state index is 12.9. The number of ether oxygens (including phenoxy) is 2. The molecule has 3 atom stereocenters. The summed E-state index contributed by atoms with van der Waals surface area (Å²) in [5, 5.41) is 12.3. The van der Waals surface area contributed by atoms with E-state index >= 15 is 0 Å². The first-order chi connectivity index (χ1) is 18.6. The van der Waals surface area contributed by atoms with Gasteiger partial charge in [-0.25, -0.2) is 4.98 Å². The van der Waals surface area contributed by atoms with Crippen molar-refractivity contribution in [3.63, 3.8) is 0 Å². The minimum Gasteiger partial charge on any atom is -0.377 e. The summed E-state index contributed by atoms with van der Waals surface area (Å²) in [4.78, 5) is 25.7. The highest BCUT2D eigenvalue weighted by atomic mass is 16.5. The molecule has 38 heavy (non-hydrogen) atoms. The van der Waals surface area contributed by atoms with Crippen molar-refractivity contribution in [3.05, 3.63) is 54.0 Å². The van der Waals surface area contributed by atoms with Crippen LogP contribution in [0.3, 0.4) is 0 Å². The molecule has 2 unspecified atom stereocenters.